The average Bonchev–Trinajstić information content (AvgIpc) is 2.46. The van der Waals surface area contributed by atoms with Gasteiger partial charge in [0.15, 0.2) is 11.5 Å². The molecule has 0 atom stereocenters. The lowest BCUT2D eigenvalue weighted by molar-refractivity contribution is 0.171. The number of hydrogen-bond donors (Lipinski definition) is 1. The number of hydrogen-bond acceptors (Lipinski definition) is 4. The van der Waals surface area contributed by atoms with Gasteiger partial charge in [-0.05, 0) is 35.9 Å². The van der Waals surface area contributed by atoms with E-state index in [4.69, 9.17) is 15.2 Å². The summed E-state index contributed by atoms with van der Waals surface area (Å²) in [5.74, 6) is 2.45. The highest BCUT2D eigenvalue weighted by Gasteiger charge is 2.12. The summed E-state index contributed by atoms with van der Waals surface area (Å²) >= 11 is 5.27. The van der Waals surface area contributed by atoms with Gasteiger partial charge in [-0.15, -0.1) is 11.8 Å². The Morgan fingerprint density at radius 3 is 2.70 bits per heavy atom. The molecule has 0 saturated carbocycles. The first-order chi connectivity index (χ1) is 9.74. The number of ether oxygens (including phenoxy) is 2. The van der Waals surface area contributed by atoms with E-state index in [0.717, 1.165) is 37.9 Å². The lowest BCUT2D eigenvalue weighted by Crippen LogP contribution is -2.15. The third-order valence-corrected chi connectivity index (χ3v) is 4.82. The summed E-state index contributed by atoms with van der Waals surface area (Å²) in [7, 11) is 0. The van der Waals surface area contributed by atoms with Crippen molar-refractivity contribution in [2.45, 2.75) is 10.6 Å². The van der Waals surface area contributed by atoms with Crippen LogP contribution < -0.4 is 15.2 Å². The van der Waals surface area contributed by atoms with Crippen molar-refractivity contribution in [1.82, 2.24) is 0 Å². The molecule has 0 saturated heterocycles. The molecule has 0 radical (unpaired) electrons. The van der Waals surface area contributed by atoms with E-state index in [-0.39, 0.29) is 0 Å². The summed E-state index contributed by atoms with van der Waals surface area (Å²) in [4.78, 5) is 1.14. The fourth-order valence-corrected chi connectivity index (χ4v) is 3.69. The second-order valence-corrected chi connectivity index (χ2v) is 6.30. The van der Waals surface area contributed by atoms with Crippen LogP contribution in [-0.4, -0.2) is 13.2 Å². The second kappa shape index (κ2) is 5.97. The van der Waals surface area contributed by atoms with Gasteiger partial charge >= 0.3 is 0 Å². The summed E-state index contributed by atoms with van der Waals surface area (Å²) in [6, 6.07) is 11.9. The van der Waals surface area contributed by atoms with Gasteiger partial charge in [-0.3, -0.25) is 0 Å². The monoisotopic (exact) mass is 351 g/mol. The SMILES string of the molecule is Nc1cccc(Br)c1CSc1ccc2c(c1)OCCO2. The van der Waals surface area contributed by atoms with Gasteiger partial charge in [0, 0.05) is 20.8 Å². The molecule has 0 aromatic heterocycles. The molecule has 2 aromatic rings. The molecule has 3 rings (SSSR count). The molecule has 0 bridgehead atoms. The molecular weight excluding hydrogens is 338 g/mol. The second-order valence-electron chi connectivity index (χ2n) is 4.40. The van der Waals surface area contributed by atoms with E-state index in [0.29, 0.717) is 13.2 Å². The lowest BCUT2D eigenvalue weighted by Gasteiger charge is -2.18. The van der Waals surface area contributed by atoms with Crippen molar-refractivity contribution in [2.75, 3.05) is 18.9 Å². The molecule has 20 heavy (non-hydrogen) atoms. The van der Waals surface area contributed by atoms with Crippen LogP contribution in [0, 0.1) is 0 Å². The van der Waals surface area contributed by atoms with Gasteiger partial charge in [0.25, 0.3) is 0 Å². The van der Waals surface area contributed by atoms with Crippen LogP contribution in [-0.2, 0) is 5.75 Å². The van der Waals surface area contributed by atoms with Crippen molar-refractivity contribution in [2.24, 2.45) is 0 Å². The number of thioether (sulfide) groups is 1. The van der Waals surface area contributed by atoms with Crippen LogP contribution >= 0.6 is 27.7 Å². The van der Waals surface area contributed by atoms with E-state index in [1.807, 2.05) is 36.4 Å². The third-order valence-electron chi connectivity index (χ3n) is 3.05. The molecule has 1 aliphatic heterocycles. The van der Waals surface area contributed by atoms with Crippen molar-refractivity contribution in [1.29, 1.82) is 0 Å². The quantitative estimate of drug-likeness (QED) is 0.667. The predicted molar refractivity (Wildman–Crippen MR) is 85.5 cm³/mol. The number of rotatable bonds is 3. The van der Waals surface area contributed by atoms with Crippen LogP contribution in [0.5, 0.6) is 11.5 Å². The number of anilines is 1. The standard InChI is InChI=1S/C15H14BrNO2S/c16-12-2-1-3-13(17)11(12)9-20-10-4-5-14-15(8-10)19-7-6-18-14/h1-5,8H,6-7,9,17H2. The van der Waals surface area contributed by atoms with Gasteiger partial charge in [-0.2, -0.15) is 0 Å². The number of nitrogen functional groups attached to an aromatic ring is 1. The average molecular weight is 352 g/mol. The Balaban J connectivity index is 1.75. The smallest absolute Gasteiger partial charge is 0.162 e. The highest BCUT2D eigenvalue weighted by atomic mass is 79.9. The van der Waals surface area contributed by atoms with E-state index in [1.165, 1.54) is 0 Å². The van der Waals surface area contributed by atoms with Crippen LogP contribution in [0.25, 0.3) is 0 Å². The zero-order valence-corrected chi connectivity index (χ0v) is 13.2. The molecular formula is C15H14BrNO2S. The summed E-state index contributed by atoms with van der Waals surface area (Å²) in [5.41, 5.74) is 7.94. The molecule has 5 heteroatoms. The topological polar surface area (TPSA) is 44.5 Å². The molecule has 104 valence electrons. The van der Waals surface area contributed by atoms with Gasteiger partial charge in [0.1, 0.15) is 13.2 Å². The Kier molecular flexibility index (Phi) is 4.08. The molecule has 0 amide bonds. The molecule has 0 aliphatic carbocycles. The summed E-state index contributed by atoms with van der Waals surface area (Å²) in [5, 5.41) is 0. The minimum Gasteiger partial charge on any atom is -0.486 e. The fraction of sp³-hybridized carbons (Fsp3) is 0.200. The van der Waals surface area contributed by atoms with Crippen molar-refractivity contribution < 1.29 is 9.47 Å². The number of benzene rings is 2. The van der Waals surface area contributed by atoms with Crippen LogP contribution in [0.3, 0.4) is 0 Å². The minimum atomic E-state index is 0.609. The summed E-state index contributed by atoms with van der Waals surface area (Å²) < 4.78 is 12.2. The number of nitrogens with two attached hydrogens (primary N) is 1. The predicted octanol–water partition coefficient (Wildman–Crippen LogP) is 4.09. The normalized spacial score (nSPS) is 13.2. The molecule has 0 unspecified atom stereocenters. The maximum atomic E-state index is 6.01. The van der Waals surface area contributed by atoms with E-state index in [9.17, 15) is 0 Å². The van der Waals surface area contributed by atoms with E-state index >= 15 is 0 Å². The van der Waals surface area contributed by atoms with Crippen LogP contribution in [0.2, 0.25) is 0 Å². The Bertz CT molecular complexity index is 613. The van der Waals surface area contributed by atoms with Crippen molar-refractivity contribution >= 4 is 33.4 Å². The van der Waals surface area contributed by atoms with E-state index in [1.54, 1.807) is 11.8 Å². The first-order valence-electron chi connectivity index (χ1n) is 6.29. The van der Waals surface area contributed by atoms with E-state index < -0.39 is 0 Å². The third kappa shape index (κ3) is 2.88. The lowest BCUT2D eigenvalue weighted by atomic mass is 10.2. The van der Waals surface area contributed by atoms with Gasteiger partial charge in [0.05, 0.1) is 0 Å². The number of halogens is 1. The van der Waals surface area contributed by atoms with Crippen LogP contribution in [0.15, 0.2) is 45.8 Å². The van der Waals surface area contributed by atoms with Crippen molar-refractivity contribution in [3.05, 3.63) is 46.4 Å². The molecule has 3 nitrogen and oxygen atoms in total. The van der Waals surface area contributed by atoms with Crippen LogP contribution in [0.4, 0.5) is 5.69 Å². The Labute approximate surface area is 130 Å². The summed E-state index contributed by atoms with van der Waals surface area (Å²) in [6.45, 7) is 1.23. The van der Waals surface area contributed by atoms with Crippen LogP contribution in [0.1, 0.15) is 5.56 Å². The Morgan fingerprint density at radius 1 is 1.10 bits per heavy atom. The maximum Gasteiger partial charge on any atom is 0.162 e. The Morgan fingerprint density at radius 2 is 1.90 bits per heavy atom. The zero-order valence-electron chi connectivity index (χ0n) is 10.8. The Hall–Kier alpha value is -1.33. The van der Waals surface area contributed by atoms with Crippen molar-refractivity contribution in [3.8, 4) is 11.5 Å². The number of fused-ring (bicyclic) bond motifs is 1. The molecule has 0 spiro atoms. The molecule has 1 aliphatic rings. The summed E-state index contributed by atoms with van der Waals surface area (Å²) in [6.07, 6.45) is 0. The minimum absolute atomic E-state index is 0.609. The molecule has 0 fully saturated rings. The molecule has 2 N–H and O–H groups in total. The largest absolute Gasteiger partial charge is 0.486 e. The first-order valence-corrected chi connectivity index (χ1v) is 8.07. The van der Waals surface area contributed by atoms with Gasteiger partial charge in [-0.1, -0.05) is 22.0 Å². The first kappa shape index (κ1) is 13.6. The van der Waals surface area contributed by atoms with Gasteiger partial charge < -0.3 is 15.2 Å². The fourth-order valence-electron chi connectivity index (χ4n) is 2.00. The highest BCUT2D eigenvalue weighted by molar-refractivity contribution is 9.10. The highest BCUT2D eigenvalue weighted by Crippen LogP contribution is 2.36. The van der Waals surface area contributed by atoms with E-state index in [2.05, 4.69) is 15.9 Å². The van der Waals surface area contributed by atoms with Crippen molar-refractivity contribution in [3.63, 3.8) is 0 Å². The molecule has 1 heterocycles. The molecule has 2 aromatic carbocycles. The zero-order chi connectivity index (χ0) is 13.9. The maximum absolute atomic E-state index is 6.01. The van der Waals surface area contributed by atoms with Gasteiger partial charge in [-0.25, -0.2) is 0 Å². The van der Waals surface area contributed by atoms with Gasteiger partial charge in [0.2, 0.25) is 0 Å².